The summed E-state index contributed by atoms with van der Waals surface area (Å²) in [7, 11) is 1.67. The van der Waals surface area contributed by atoms with Gasteiger partial charge in [-0.25, -0.2) is 4.79 Å². The fourth-order valence-corrected chi connectivity index (χ4v) is 1.58. The molecule has 0 atom stereocenters. The van der Waals surface area contributed by atoms with Gasteiger partial charge in [0.05, 0.1) is 6.61 Å². The molecule has 0 heterocycles. The van der Waals surface area contributed by atoms with Crippen LogP contribution in [-0.4, -0.2) is 32.0 Å². The van der Waals surface area contributed by atoms with Crippen molar-refractivity contribution in [3.05, 3.63) is 29.8 Å². The van der Waals surface area contributed by atoms with Crippen LogP contribution in [0.3, 0.4) is 0 Å². The Morgan fingerprint density at radius 3 is 2.70 bits per heavy atom. The standard InChI is InChI=1S/C15H24N2O3/c1-15(2,3)20-14(18)17-11-12-6-5-7-13(10-12)16-8-9-19-4/h5-7,10,16H,8-9,11H2,1-4H3,(H,17,18). The Bertz CT molecular complexity index is 427. The van der Waals surface area contributed by atoms with E-state index in [0.29, 0.717) is 13.2 Å². The first-order valence-electron chi connectivity index (χ1n) is 6.69. The van der Waals surface area contributed by atoms with Gasteiger partial charge in [0.1, 0.15) is 5.60 Å². The summed E-state index contributed by atoms with van der Waals surface area (Å²) in [5.41, 5.74) is 1.54. The second-order valence-electron chi connectivity index (χ2n) is 5.48. The van der Waals surface area contributed by atoms with Gasteiger partial charge in [-0.3, -0.25) is 0 Å². The van der Waals surface area contributed by atoms with Crippen molar-refractivity contribution in [3.8, 4) is 0 Å². The number of carbonyl (C=O) groups excluding carboxylic acids is 1. The second kappa shape index (κ2) is 7.75. The maximum Gasteiger partial charge on any atom is 0.407 e. The minimum atomic E-state index is -0.479. The van der Waals surface area contributed by atoms with E-state index in [1.54, 1.807) is 7.11 Å². The molecule has 0 aliphatic heterocycles. The van der Waals surface area contributed by atoms with Crippen LogP contribution in [0, 0.1) is 0 Å². The zero-order valence-electron chi connectivity index (χ0n) is 12.7. The third-order valence-corrected chi connectivity index (χ3v) is 2.40. The third kappa shape index (κ3) is 6.99. The molecule has 0 aliphatic rings. The van der Waals surface area contributed by atoms with E-state index in [0.717, 1.165) is 17.8 Å². The van der Waals surface area contributed by atoms with Crippen molar-refractivity contribution in [2.24, 2.45) is 0 Å². The van der Waals surface area contributed by atoms with E-state index in [1.807, 2.05) is 45.0 Å². The van der Waals surface area contributed by atoms with Crippen molar-refractivity contribution in [2.45, 2.75) is 32.9 Å². The summed E-state index contributed by atoms with van der Waals surface area (Å²) in [5, 5.41) is 5.98. The average molecular weight is 280 g/mol. The highest BCUT2D eigenvalue weighted by atomic mass is 16.6. The number of carbonyl (C=O) groups is 1. The smallest absolute Gasteiger partial charge is 0.407 e. The lowest BCUT2D eigenvalue weighted by molar-refractivity contribution is 0.0523. The number of anilines is 1. The average Bonchev–Trinajstić information content (AvgIpc) is 2.35. The van der Waals surface area contributed by atoms with Crippen LogP contribution in [0.25, 0.3) is 0 Å². The number of rotatable bonds is 6. The monoisotopic (exact) mass is 280 g/mol. The molecule has 5 nitrogen and oxygen atoms in total. The van der Waals surface area contributed by atoms with Crippen LogP contribution >= 0.6 is 0 Å². The number of nitrogens with one attached hydrogen (secondary N) is 2. The lowest BCUT2D eigenvalue weighted by Crippen LogP contribution is -2.32. The molecule has 2 N–H and O–H groups in total. The third-order valence-electron chi connectivity index (χ3n) is 2.40. The summed E-state index contributed by atoms with van der Waals surface area (Å²) in [6, 6.07) is 7.87. The molecule has 0 unspecified atom stereocenters. The van der Waals surface area contributed by atoms with Gasteiger partial charge in [-0.15, -0.1) is 0 Å². The minimum Gasteiger partial charge on any atom is -0.444 e. The van der Waals surface area contributed by atoms with Gasteiger partial charge in [-0.05, 0) is 38.5 Å². The zero-order valence-corrected chi connectivity index (χ0v) is 12.7. The number of ether oxygens (including phenoxy) is 2. The molecular weight excluding hydrogens is 256 g/mol. The van der Waals surface area contributed by atoms with E-state index in [1.165, 1.54) is 0 Å². The Labute approximate surface area is 120 Å². The van der Waals surface area contributed by atoms with Crippen LogP contribution in [0.2, 0.25) is 0 Å². The van der Waals surface area contributed by atoms with Crippen LogP contribution in [0.1, 0.15) is 26.3 Å². The Morgan fingerprint density at radius 1 is 1.30 bits per heavy atom. The quantitative estimate of drug-likeness (QED) is 0.787. The minimum absolute atomic E-state index is 0.407. The van der Waals surface area contributed by atoms with Crippen LogP contribution in [0.4, 0.5) is 10.5 Å². The predicted octanol–water partition coefficient (Wildman–Crippen LogP) is 2.77. The summed E-state index contributed by atoms with van der Waals surface area (Å²) >= 11 is 0. The maximum absolute atomic E-state index is 11.6. The number of benzene rings is 1. The molecule has 0 fully saturated rings. The molecule has 5 heteroatoms. The molecule has 0 aliphatic carbocycles. The lowest BCUT2D eigenvalue weighted by Gasteiger charge is -2.19. The van der Waals surface area contributed by atoms with Gasteiger partial charge in [0.25, 0.3) is 0 Å². The fraction of sp³-hybridized carbons (Fsp3) is 0.533. The van der Waals surface area contributed by atoms with Gasteiger partial charge in [-0.2, -0.15) is 0 Å². The Morgan fingerprint density at radius 2 is 2.05 bits per heavy atom. The van der Waals surface area contributed by atoms with Gasteiger partial charge in [-0.1, -0.05) is 12.1 Å². The van der Waals surface area contributed by atoms with Crippen molar-refractivity contribution < 1.29 is 14.3 Å². The van der Waals surface area contributed by atoms with Crippen molar-refractivity contribution in [2.75, 3.05) is 25.6 Å². The fourth-order valence-electron chi connectivity index (χ4n) is 1.58. The normalized spacial score (nSPS) is 11.0. The molecule has 1 aromatic rings. The number of methoxy groups -OCH3 is 1. The predicted molar refractivity (Wildman–Crippen MR) is 79.9 cm³/mol. The molecule has 1 amide bonds. The first kappa shape index (κ1) is 16.3. The summed E-state index contributed by atoms with van der Waals surface area (Å²) in [4.78, 5) is 11.6. The van der Waals surface area contributed by atoms with Crippen LogP contribution < -0.4 is 10.6 Å². The number of hydrogen-bond acceptors (Lipinski definition) is 4. The zero-order chi connectivity index (χ0) is 15.0. The van der Waals surface area contributed by atoms with Crippen LogP contribution in [-0.2, 0) is 16.0 Å². The molecule has 0 bridgehead atoms. The van der Waals surface area contributed by atoms with Crippen molar-refractivity contribution in [3.63, 3.8) is 0 Å². The van der Waals surface area contributed by atoms with Gasteiger partial charge < -0.3 is 20.1 Å². The van der Waals surface area contributed by atoms with E-state index >= 15 is 0 Å². The number of hydrogen-bond donors (Lipinski definition) is 2. The highest BCUT2D eigenvalue weighted by molar-refractivity contribution is 5.67. The van der Waals surface area contributed by atoms with E-state index < -0.39 is 11.7 Å². The summed E-state index contributed by atoms with van der Waals surface area (Å²) in [6.45, 7) is 7.36. The van der Waals surface area contributed by atoms with Crippen molar-refractivity contribution >= 4 is 11.8 Å². The summed E-state index contributed by atoms with van der Waals surface area (Å²) in [6.07, 6.45) is -0.407. The van der Waals surface area contributed by atoms with Crippen LogP contribution in [0.15, 0.2) is 24.3 Å². The van der Waals surface area contributed by atoms with Gasteiger partial charge in [0.15, 0.2) is 0 Å². The molecule has 20 heavy (non-hydrogen) atoms. The molecule has 0 radical (unpaired) electrons. The Kier molecular flexibility index (Phi) is 6.31. The molecule has 1 rings (SSSR count). The molecule has 1 aromatic carbocycles. The van der Waals surface area contributed by atoms with E-state index in [9.17, 15) is 4.79 Å². The maximum atomic E-state index is 11.6. The first-order chi connectivity index (χ1) is 9.40. The van der Waals surface area contributed by atoms with E-state index in [2.05, 4.69) is 10.6 Å². The van der Waals surface area contributed by atoms with Gasteiger partial charge in [0, 0.05) is 25.9 Å². The van der Waals surface area contributed by atoms with Gasteiger partial charge in [0.2, 0.25) is 0 Å². The van der Waals surface area contributed by atoms with Gasteiger partial charge >= 0.3 is 6.09 Å². The lowest BCUT2D eigenvalue weighted by atomic mass is 10.2. The Hall–Kier alpha value is -1.75. The highest BCUT2D eigenvalue weighted by Gasteiger charge is 2.15. The second-order valence-corrected chi connectivity index (χ2v) is 5.48. The molecular formula is C15H24N2O3. The van der Waals surface area contributed by atoms with E-state index in [-0.39, 0.29) is 0 Å². The largest absolute Gasteiger partial charge is 0.444 e. The SMILES string of the molecule is COCCNc1cccc(CNC(=O)OC(C)(C)C)c1. The topological polar surface area (TPSA) is 59.6 Å². The molecule has 0 aromatic heterocycles. The van der Waals surface area contributed by atoms with Crippen molar-refractivity contribution in [1.29, 1.82) is 0 Å². The first-order valence-corrected chi connectivity index (χ1v) is 6.69. The van der Waals surface area contributed by atoms with Crippen molar-refractivity contribution in [1.82, 2.24) is 5.32 Å². The molecule has 112 valence electrons. The number of amides is 1. The summed E-state index contributed by atoms with van der Waals surface area (Å²) < 4.78 is 10.2. The molecule has 0 saturated heterocycles. The van der Waals surface area contributed by atoms with E-state index in [4.69, 9.17) is 9.47 Å². The summed E-state index contributed by atoms with van der Waals surface area (Å²) in [5.74, 6) is 0. The number of alkyl carbamates (subject to hydrolysis) is 1. The molecule has 0 saturated carbocycles. The van der Waals surface area contributed by atoms with Crippen LogP contribution in [0.5, 0.6) is 0 Å². The Balaban J connectivity index is 2.44. The molecule has 0 spiro atoms. The highest BCUT2D eigenvalue weighted by Crippen LogP contribution is 2.11.